The van der Waals surface area contributed by atoms with Crippen molar-refractivity contribution in [2.24, 2.45) is 0 Å². The van der Waals surface area contributed by atoms with Gasteiger partial charge >= 0.3 is 0 Å². The molecule has 1 fully saturated rings. The molecule has 3 rings (SSSR count). The summed E-state index contributed by atoms with van der Waals surface area (Å²) in [6.45, 7) is 3.98. The van der Waals surface area contributed by atoms with Crippen molar-refractivity contribution < 1.29 is 4.79 Å². The summed E-state index contributed by atoms with van der Waals surface area (Å²) in [7, 11) is 0. The molecule has 1 aliphatic rings. The van der Waals surface area contributed by atoms with Crippen LogP contribution in [0.3, 0.4) is 0 Å². The molecule has 108 valence electrons. The standard InChI is InChI=1S/C14H18N4O.ClH/c1-14(6-8-15-9-7-14)16-13(19)12-10-4-2-3-5-11(10)17-18-12;/h2-5,15H,6-9H2,1H3,(H,16,19)(H,17,18);1H. The lowest BCUT2D eigenvalue weighted by atomic mass is 9.90. The molecule has 1 saturated heterocycles. The van der Waals surface area contributed by atoms with Crippen LogP contribution >= 0.6 is 12.4 Å². The van der Waals surface area contributed by atoms with Crippen molar-refractivity contribution in [3.63, 3.8) is 0 Å². The highest BCUT2D eigenvalue weighted by Gasteiger charge is 2.29. The third kappa shape index (κ3) is 2.78. The number of hydrogen-bond donors (Lipinski definition) is 3. The summed E-state index contributed by atoms with van der Waals surface area (Å²) in [6.07, 6.45) is 1.89. The highest BCUT2D eigenvalue weighted by atomic mass is 35.5. The molecule has 1 amide bonds. The second-order valence-electron chi connectivity index (χ2n) is 5.38. The summed E-state index contributed by atoms with van der Waals surface area (Å²) >= 11 is 0. The smallest absolute Gasteiger partial charge is 0.272 e. The van der Waals surface area contributed by atoms with Crippen molar-refractivity contribution in [1.29, 1.82) is 0 Å². The number of aromatic nitrogens is 2. The lowest BCUT2D eigenvalue weighted by Gasteiger charge is -2.34. The summed E-state index contributed by atoms with van der Waals surface area (Å²) < 4.78 is 0. The minimum Gasteiger partial charge on any atom is -0.345 e. The van der Waals surface area contributed by atoms with E-state index in [1.54, 1.807) is 0 Å². The molecule has 0 bridgehead atoms. The van der Waals surface area contributed by atoms with Crippen LogP contribution in [-0.2, 0) is 0 Å². The molecule has 1 aromatic carbocycles. The Labute approximate surface area is 123 Å². The number of aromatic amines is 1. The fourth-order valence-electron chi connectivity index (χ4n) is 2.57. The van der Waals surface area contributed by atoms with Crippen molar-refractivity contribution in [2.75, 3.05) is 13.1 Å². The molecule has 3 N–H and O–H groups in total. The van der Waals surface area contributed by atoms with Crippen molar-refractivity contribution in [3.8, 4) is 0 Å². The normalized spacial score (nSPS) is 17.4. The van der Waals surface area contributed by atoms with Gasteiger partial charge in [-0.05, 0) is 38.9 Å². The topological polar surface area (TPSA) is 69.8 Å². The number of nitrogens with zero attached hydrogens (tertiary/aromatic N) is 1. The van der Waals surface area contributed by atoms with E-state index in [9.17, 15) is 4.79 Å². The Morgan fingerprint density at radius 1 is 1.30 bits per heavy atom. The maximum Gasteiger partial charge on any atom is 0.272 e. The van der Waals surface area contributed by atoms with Gasteiger partial charge in [0.2, 0.25) is 0 Å². The first-order chi connectivity index (χ1) is 9.18. The van der Waals surface area contributed by atoms with Crippen LogP contribution in [0.1, 0.15) is 30.3 Å². The van der Waals surface area contributed by atoms with Gasteiger partial charge in [0.1, 0.15) is 0 Å². The van der Waals surface area contributed by atoms with E-state index in [-0.39, 0.29) is 23.9 Å². The van der Waals surface area contributed by atoms with Gasteiger partial charge in [0.15, 0.2) is 5.69 Å². The largest absolute Gasteiger partial charge is 0.345 e. The first-order valence-corrected chi connectivity index (χ1v) is 6.64. The van der Waals surface area contributed by atoms with Crippen LogP contribution in [0, 0.1) is 0 Å². The van der Waals surface area contributed by atoms with E-state index >= 15 is 0 Å². The van der Waals surface area contributed by atoms with Crippen LogP contribution in [0.15, 0.2) is 24.3 Å². The number of nitrogens with one attached hydrogen (secondary N) is 3. The van der Waals surface area contributed by atoms with Crippen molar-refractivity contribution in [3.05, 3.63) is 30.0 Å². The maximum absolute atomic E-state index is 12.4. The molecule has 0 unspecified atom stereocenters. The number of para-hydroxylation sites is 1. The monoisotopic (exact) mass is 294 g/mol. The average Bonchev–Trinajstić information content (AvgIpc) is 2.83. The van der Waals surface area contributed by atoms with Gasteiger partial charge < -0.3 is 10.6 Å². The molecule has 0 aliphatic carbocycles. The minimum absolute atomic E-state index is 0. The number of benzene rings is 1. The predicted molar refractivity (Wildman–Crippen MR) is 81.3 cm³/mol. The van der Waals surface area contributed by atoms with E-state index in [2.05, 4.69) is 27.8 Å². The maximum atomic E-state index is 12.4. The van der Waals surface area contributed by atoms with Crippen LogP contribution in [0.5, 0.6) is 0 Å². The average molecular weight is 295 g/mol. The number of carbonyl (C=O) groups excluding carboxylic acids is 1. The van der Waals surface area contributed by atoms with Gasteiger partial charge in [-0.25, -0.2) is 0 Å². The van der Waals surface area contributed by atoms with Crippen molar-refractivity contribution in [1.82, 2.24) is 20.8 Å². The Morgan fingerprint density at radius 2 is 2.00 bits per heavy atom. The van der Waals surface area contributed by atoms with Gasteiger partial charge in [-0.1, -0.05) is 18.2 Å². The fraction of sp³-hybridized carbons (Fsp3) is 0.429. The third-order valence-electron chi connectivity index (χ3n) is 3.81. The lowest BCUT2D eigenvalue weighted by Crippen LogP contribution is -2.52. The SMILES string of the molecule is CC1(NC(=O)c2n[nH]c3ccccc23)CCNCC1.Cl. The number of amides is 1. The molecule has 5 nitrogen and oxygen atoms in total. The Bertz CT molecular complexity index is 604. The molecule has 1 aromatic heterocycles. The number of H-pyrrole nitrogens is 1. The Balaban J connectivity index is 0.00000147. The zero-order valence-electron chi connectivity index (χ0n) is 11.4. The molecule has 0 saturated carbocycles. The highest BCUT2D eigenvalue weighted by molar-refractivity contribution is 6.04. The number of rotatable bonds is 2. The van der Waals surface area contributed by atoms with E-state index in [0.717, 1.165) is 36.8 Å². The van der Waals surface area contributed by atoms with E-state index in [1.807, 2.05) is 24.3 Å². The van der Waals surface area contributed by atoms with Gasteiger partial charge in [-0.2, -0.15) is 5.10 Å². The molecule has 1 aliphatic heterocycles. The van der Waals surface area contributed by atoms with E-state index < -0.39 is 0 Å². The first-order valence-electron chi connectivity index (χ1n) is 6.64. The first kappa shape index (κ1) is 14.8. The minimum atomic E-state index is -0.137. The molecule has 0 atom stereocenters. The molecule has 20 heavy (non-hydrogen) atoms. The second-order valence-corrected chi connectivity index (χ2v) is 5.38. The number of halogens is 1. The van der Waals surface area contributed by atoms with Crippen LogP contribution < -0.4 is 10.6 Å². The summed E-state index contributed by atoms with van der Waals surface area (Å²) in [4.78, 5) is 12.4. The van der Waals surface area contributed by atoms with E-state index in [4.69, 9.17) is 0 Å². The Hall–Kier alpha value is -1.59. The van der Waals surface area contributed by atoms with Gasteiger partial charge in [-0.15, -0.1) is 12.4 Å². The molecular weight excluding hydrogens is 276 g/mol. The Kier molecular flexibility index (Phi) is 4.30. The predicted octanol–water partition coefficient (Wildman–Crippen LogP) is 1.86. The highest BCUT2D eigenvalue weighted by Crippen LogP contribution is 2.20. The molecule has 6 heteroatoms. The Morgan fingerprint density at radius 3 is 2.75 bits per heavy atom. The van der Waals surface area contributed by atoms with Crippen molar-refractivity contribution >= 4 is 29.2 Å². The van der Waals surface area contributed by atoms with E-state index in [1.165, 1.54) is 0 Å². The second kappa shape index (κ2) is 5.81. The lowest BCUT2D eigenvalue weighted by molar-refractivity contribution is 0.0884. The molecular formula is C14H19ClN4O. The summed E-state index contributed by atoms with van der Waals surface area (Å²) in [5.74, 6) is -0.0955. The van der Waals surface area contributed by atoms with E-state index in [0.29, 0.717) is 5.69 Å². The van der Waals surface area contributed by atoms with Gasteiger partial charge in [-0.3, -0.25) is 9.89 Å². The number of piperidine rings is 1. The number of carbonyl (C=O) groups is 1. The molecule has 0 spiro atoms. The van der Waals surface area contributed by atoms with Gasteiger partial charge in [0.05, 0.1) is 5.52 Å². The molecule has 2 aromatic rings. The van der Waals surface area contributed by atoms with Crippen LogP contribution in [0.25, 0.3) is 10.9 Å². The number of hydrogen-bond acceptors (Lipinski definition) is 3. The van der Waals surface area contributed by atoms with Crippen LogP contribution in [-0.4, -0.2) is 34.7 Å². The quantitative estimate of drug-likeness (QED) is 0.792. The fourth-order valence-corrected chi connectivity index (χ4v) is 2.57. The van der Waals surface area contributed by atoms with Crippen molar-refractivity contribution in [2.45, 2.75) is 25.3 Å². The third-order valence-corrected chi connectivity index (χ3v) is 3.81. The summed E-state index contributed by atoms with van der Waals surface area (Å²) in [5.41, 5.74) is 1.24. The van der Waals surface area contributed by atoms with Gasteiger partial charge in [0, 0.05) is 10.9 Å². The van der Waals surface area contributed by atoms with Crippen LogP contribution in [0.2, 0.25) is 0 Å². The molecule has 2 heterocycles. The number of fused-ring (bicyclic) bond motifs is 1. The zero-order valence-corrected chi connectivity index (χ0v) is 12.2. The summed E-state index contributed by atoms with van der Waals surface area (Å²) in [5, 5.41) is 14.3. The summed E-state index contributed by atoms with van der Waals surface area (Å²) in [6, 6.07) is 7.68. The van der Waals surface area contributed by atoms with Crippen LogP contribution in [0.4, 0.5) is 0 Å². The molecule has 0 radical (unpaired) electrons. The van der Waals surface area contributed by atoms with Gasteiger partial charge in [0.25, 0.3) is 5.91 Å². The zero-order chi connectivity index (χ0) is 13.3.